The van der Waals surface area contributed by atoms with E-state index in [2.05, 4.69) is 28.1 Å². The highest BCUT2D eigenvalue weighted by Crippen LogP contribution is 2.41. The second kappa shape index (κ2) is 7.06. The van der Waals surface area contributed by atoms with E-state index < -0.39 is 0 Å². The van der Waals surface area contributed by atoms with Crippen molar-refractivity contribution in [2.75, 3.05) is 12.1 Å². The molecule has 0 saturated carbocycles. The number of fused-ring (bicyclic) bond motifs is 1. The van der Waals surface area contributed by atoms with Crippen molar-refractivity contribution < 1.29 is 4.79 Å². The Morgan fingerprint density at radius 1 is 0.923 bits per heavy atom. The molecule has 0 aliphatic carbocycles. The van der Waals surface area contributed by atoms with Crippen LogP contribution in [0.25, 0.3) is 0 Å². The first-order valence-corrected chi connectivity index (χ1v) is 9.38. The minimum atomic E-state index is -0.255. The van der Waals surface area contributed by atoms with Gasteiger partial charge in [0.05, 0.1) is 11.6 Å². The highest BCUT2D eigenvalue weighted by atomic mass is 79.9. The van der Waals surface area contributed by atoms with Gasteiger partial charge in [0, 0.05) is 18.1 Å². The molecule has 1 heterocycles. The molecule has 1 aliphatic rings. The van der Waals surface area contributed by atoms with Crippen molar-refractivity contribution >= 4 is 27.5 Å². The fourth-order valence-corrected chi connectivity index (χ4v) is 3.97. The summed E-state index contributed by atoms with van der Waals surface area (Å²) < 4.78 is 1.05. The van der Waals surface area contributed by atoms with Gasteiger partial charge in [0.1, 0.15) is 0 Å². The van der Waals surface area contributed by atoms with Crippen molar-refractivity contribution in [3.8, 4) is 0 Å². The number of benzene rings is 3. The van der Waals surface area contributed by atoms with Crippen LogP contribution in [0.2, 0.25) is 0 Å². The van der Waals surface area contributed by atoms with Crippen LogP contribution >= 0.6 is 15.9 Å². The van der Waals surface area contributed by atoms with Gasteiger partial charge in [-0.15, -0.1) is 0 Å². The van der Waals surface area contributed by atoms with Crippen molar-refractivity contribution in [2.45, 2.75) is 12.5 Å². The second-order valence-electron chi connectivity index (χ2n) is 6.46. The predicted molar refractivity (Wildman–Crippen MR) is 108 cm³/mol. The summed E-state index contributed by atoms with van der Waals surface area (Å²) in [6, 6.07) is 26.2. The van der Waals surface area contributed by atoms with E-state index in [0.29, 0.717) is 6.54 Å². The summed E-state index contributed by atoms with van der Waals surface area (Å²) in [6.45, 7) is 0.642. The Morgan fingerprint density at radius 2 is 1.58 bits per heavy atom. The molecule has 0 bridgehead atoms. The van der Waals surface area contributed by atoms with Crippen LogP contribution in [0.5, 0.6) is 0 Å². The normalized spacial score (nSPS) is 16.2. The van der Waals surface area contributed by atoms with E-state index >= 15 is 0 Å². The van der Waals surface area contributed by atoms with Gasteiger partial charge in [-0.05, 0) is 28.8 Å². The van der Waals surface area contributed by atoms with Gasteiger partial charge in [-0.2, -0.15) is 0 Å². The Bertz CT molecular complexity index is 942. The number of nitrogens with zero attached hydrogens (tertiary/aromatic N) is 2. The van der Waals surface area contributed by atoms with E-state index in [0.717, 1.165) is 26.9 Å². The lowest BCUT2D eigenvalue weighted by molar-refractivity contribution is -0.121. The third-order valence-corrected chi connectivity index (χ3v) is 5.54. The first-order chi connectivity index (χ1) is 12.7. The molecule has 0 aromatic heterocycles. The topological polar surface area (TPSA) is 23.6 Å². The molecule has 3 nitrogen and oxygen atoms in total. The summed E-state index contributed by atoms with van der Waals surface area (Å²) in [5.41, 5.74) is 4.19. The molecule has 3 aromatic rings. The van der Waals surface area contributed by atoms with Crippen molar-refractivity contribution in [3.63, 3.8) is 0 Å². The molecule has 1 unspecified atom stereocenters. The minimum absolute atomic E-state index is 0.0898. The predicted octanol–water partition coefficient (Wildman–Crippen LogP) is 4.97. The van der Waals surface area contributed by atoms with Gasteiger partial charge in [0.15, 0.2) is 0 Å². The molecule has 3 aromatic carbocycles. The van der Waals surface area contributed by atoms with Crippen LogP contribution in [-0.4, -0.2) is 18.0 Å². The first-order valence-electron chi connectivity index (χ1n) is 8.59. The van der Waals surface area contributed by atoms with Gasteiger partial charge >= 0.3 is 0 Å². The summed E-state index contributed by atoms with van der Waals surface area (Å²) in [4.78, 5) is 13.4. The smallest absolute Gasteiger partial charge is 0.253 e. The van der Waals surface area contributed by atoms with Gasteiger partial charge in [-0.25, -0.2) is 10.0 Å². The first kappa shape index (κ1) is 17.0. The number of rotatable bonds is 4. The minimum Gasteiger partial charge on any atom is -0.272 e. The number of halogens is 1. The number of hydrazine groups is 1. The fraction of sp³-hybridized carbons (Fsp3) is 0.136. The zero-order chi connectivity index (χ0) is 18.1. The SMILES string of the molecule is CN(Cc1ccccc1Br)N1C(=O)C(c2ccccc2)c2ccccc21. The Labute approximate surface area is 162 Å². The van der Waals surface area contributed by atoms with E-state index in [1.165, 1.54) is 0 Å². The van der Waals surface area contributed by atoms with Crippen molar-refractivity contribution in [1.82, 2.24) is 5.01 Å². The van der Waals surface area contributed by atoms with Crippen LogP contribution in [0.4, 0.5) is 5.69 Å². The molecule has 1 amide bonds. The largest absolute Gasteiger partial charge is 0.272 e. The maximum Gasteiger partial charge on any atom is 0.253 e. The van der Waals surface area contributed by atoms with Crippen LogP contribution < -0.4 is 5.01 Å². The molecule has 1 atom stereocenters. The molecular weight excluding hydrogens is 388 g/mol. The maximum absolute atomic E-state index is 13.4. The highest BCUT2D eigenvalue weighted by molar-refractivity contribution is 9.10. The Hall–Kier alpha value is -2.43. The molecule has 1 aliphatic heterocycles. The summed E-state index contributed by atoms with van der Waals surface area (Å²) in [5.74, 6) is -0.166. The lowest BCUT2D eigenvalue weighted by Gasteiger charge is -2.29. The second-order valence-corrected chi connectivity index (χ2v) is 7.31. The number of amides is 1. The van der Waals surface area contributed by atoms with Crippen LogP contribution in [0.1, 0.15) is 22.6 Å². The Balaban J connectivity index is 1.71. The van der Waals surface area contributed by atoms with Gasteiger partial charge in [-0.3, -0.25) is 4.79 Å². The van der Waals surface area contributed by atoms with Crippen molar-refractivity contribution in [1.29, 1.82) is 0 Å². The molecular formula is C22H19BrN2O. The molecule has 0 spiro atoms. The summed E-state index contributed by atoms with van der Waals surface area (Å²) in [6.07, 6.45) is 0. The van der Waals surface area contributed by atoms with E-state index in [1.807, 2.05) is 83.8 Å². The summed E-state index contributed by atoms with van der Waals surface area (Å²) in [5, 5.41) is 3.80. The van der Waals surface area contributed by atoms with Gasteiger partial charge in [0.2, 0.25) is 0 Å². The molecule has 4 heteroatoms. The average molecular weight is 407 g/mol. The molecule has 26 heavy (non-hydrogen) atoms. The number of carbonyl (C=O) groups excluding carboxylic acids is 1. The summed E-state index contributed by atoms with van der Waals surface area (Å²) >= 11 is 3.60. The average Bonchev–Trinajstić information content (AvgIpc) is 2.96. The lowest BCUT2D eigenvalue weighted by atomic mass is 9.93. The van der Waals surface area contributed by atoms with E-state index in [4.69, 9.17) is 0 Å². The number of hydrogen-bond acceptors (Lipinski definition) is 2. The van der Waals surface area contributed by atoms with E-state index in [9.17, 15) is 4.79 Å². The lowest BCUT2D eigenvalue weighted by Crippen LogP contribution is -2.42. The van der Waals surface area contributed by atoms with Gasteiger partial charge in [-0.1, -0.05) is 82.7 Å². The zero-order valence-electron chi connectivity index (χ0n) is 14.5. The van der Waals surface area contributed by atoms with E-state index in [1.54, 1.807) is 0 Å². The summed E-state index contributed by atoms with van der Waals surface area (Å²) in [7, 11) is 1.96. The van der Waals surface area contributed by atoms with Crippen LogP contribution in [0.15, 0.2) is 83.3 Å². The standard InChI is InChI=1S/C22H19BrN2O/c1-24(15-17-11-5-7-13-19(17)23)25-20-14-8-6-12-18(20)21(22(25)26)16-9-3-2-4-10-16/h2-14,21H,15H2,1H3. The number of hydrogen-bond donors (Lipinski definition) is 0. The molecule has 0 N–H and O–H groups in total. The Morgan fingerprint density at radius 3 is 2.35 bits per heavy atom. The zero-order valence-corrected chi connectivity index (χ0v) is 16.1. The fourth-order valence-electron chi connectivity index (χ4n) is 3.56. The monoisotopic (exact) mass is 406 g/mol. The van der Waals surface area contributed by atoms with E-state index in [-0.39, 0.29) is 11.8 Å². The molecule has 0 fully saturated rings. The third kappa shape index (κ3) is 2.96. The van der Waals surface area contributed by atoms with Crippen molar-refractivity contribution in [3.05, 3.63) is 100 Å². The van der Waals surface area contributed by atoms with Crippen LogP contribution in [0.3, 0.4) is 0 Å². The maximum atomic E-state index is 13.4. The molecule has 4 rings (SSSR count). The molecule has 130 valence electrons. The Kier molecular flexibility index (Phi) is 4.62. The third-order valence-electron chi connectivity index (χ3n) is 4.76. The van der Waals surface area contributed by atoms with Crippen molar-refractivity contribution in [2.24, 2.45) is 0 Å². The van der Waals surface area contributed by atoms with Crippen LogP contribution in [0, 0.1) is 0 Å². The highest BCUT2D eigenvalue weighted by Gasteiger charge is 2.40. The quantitative estimate of drug-likeness (QED) is 0.610. The number of carbonyl (C=O) groups is 1. The molecule has 0 saturated heterocycles. The van der Waals surface area contributed by atoms with Crippen LogP contribution in [-0.2, 0) is 11.3 Å². The number of anilines is 1. The molecule has 0 radical (unpaired) electrons. The number of para-hydroxylation sites is 1. The van der Waals surface area contributed by atoms with Gasteiger partial charge in [0.25, 0.3) is 5.91 Å². The van der Waals surface area contributed by atoms with Gasteiger partial charge < -0.3 is 0 Å².